The monoisotopic (exact) mass is 300 g/mol. The van der Waals surface area contributed by atoms with E-state index >= 15 is 0 Å². The molecule has 0 unspecified atom stereocenters. The number of hydrogen-bond donors (Lipinski definition) is 0. The van der Waals surface area contributed by atoms with Gasteiger partial charge in [-0.2, -0.15) is 0 Å². The molecule has 0 aromatic heterocycles. The predicted molar refractivity (Wildman–Crippen MR) is 84.1 cm³/mol. The zero-order chi connectivity index (χ0) is 15.8. The van der Waals surface area contributed by atoms with Crippen molar-refractivity contribution in [2.45, 2.75) is 20.0 Å². The Kier molecular flexibility index (Phi) is 5.83. The zero-order valence-electron chi connectivity index (χ0n) is 12.9. The van der Waals surface area contributed by atoms with Gasteiger partial charge in [-0.15, -0.1) is 0 Å². The molecule has 22 heavy (non-hydrogen) atoms. The van der Waals surface area contributed by atoms with E-state index in [9.17, 15) is 4.79 Å². The van der Waals surface area contributed by atoms with Gasteiger partial charge in [0.25, 0.3) is 0 Å². The number of benzene rings is 2. The quantitative estimate of drug-likeness (QED) is 0.735. The van der Waals surface area contributed by atoms with E-state index in [1.165, 1.54) is 0 Å². The summed E-state index contributed by atoms with van der Waals surface area (Å²) in [6, 6.07) is 14.9. The van der Waals surface area contributed by atoms with Gasteiger partial charge in [0.05, 0.1) is 20.1 Å². The van der Waals surface area contributed by atoms with Crippen molar-refractivity contribution in [1.29, 1.82) is 0 Å². The van der Waals surface area contributed by atoms with Crippen molar-refractivity contribution in [3.8, 4) is 11.5 Å². The van der Waals surface area contributed by atoms with Crippen molar-refractivity contribution in [3.63, 3.8) is 0 Å². The molecule has 0 atom stereocenters. The second-order valence-electron chi connectivity index (χ2n) is 4.73. The molecule has 0 aliphatic rings. The van der Waals surface area contributed by atoms with Gasteiger partial charge in [-0.1, -0.05) is 30.3 Å². The van der Waals surface area contributed by atoms with Crippen molar-refractivity contribution >= 4 is 5.97 Å². The molecule has 0 spiro atoms. The van der Waals surface area contributed by atoms with Crippen molar-refractivity contribution in [3.05, 3.63) is 59.7 Å². The Balaban J connectivity index is 1.87. The van der Waals surface area contributed by atoms with E-state index in [1.807, 2.05) is 55.5 Å². The lowest BCUT2D eigenvalue weighted by molar-refractivity contribution is -0.144. The highest BCUT2D eigenvalue weighted by atomic mass is 16.5. The average Bonchev–Trinajstić information content (AvgIpc) is 2.55. The molecule has 0 aliphatic carbocycles. The van der Waals surface area contributed by atoms with Gasteiger partial charge in [0.15, 0.2) is 0 Å². The zero-order valence-corrected chi connectivity index (χ0v) is 12.9. The molecule has 0 amide bonds. The highest BCUT2D eigenvalue weighted by Gasteiger charge is 2.08. The summed E-state index contributed by atoms with van der Waals surface area (Å²) in [5.74, 6) is 1.25. The maximum Gasteiger partial charge on any atom is 0.310 e. The fraction of sp³-hybridized carbons (Fsp3) is 0.278. The second-order valence-corrected chi connectivity index (χ2v) is 4.73. The van der Waals surface area contributed by atoms with Gasteiger partial charge in [-0.3, -0.25) is 4.79 Å². The summed E-state index contributed by atoms with van der Waals surface area (Å²) in [7, 11) is 1.60. The van der Waals surface area contributed by atoms with E-state index in [0.717, 1.165) is 22.6 Å². The molecule has 2 aromatic rings. The average molecular weight is 300 g/mol. The molecule has 0 heterocycles. The number of ether oxygens (including phenoxy) is 3. The number of esters is 1. The topological polar surface area (TPSA) is 44.8 Å². The SMILES string of the molecule is CCOc1ccc(CC(=O)OCc2ccccc2OC)cc1. The van der Waals surface area contributed by atoms with Gasteiger partial charge in [-0.05, 0) is 30.7 Å². The molecular formula is C18H20O4. The first-order valence-corrected chi connectivity index (χ1v) is 7.22. The molecule has 0 saturated heterocycles. The highest BCUT2D eigenvalue weighted by molar-refractivity contribution is 5.72. The van der Waals surface area contributed by atoms with Crippen LogP contribution in [-0.4, -0.2) is 19.7 Å². The molecule has 0 saturated carbocycles. The molecule has 0 fully saturated rings. The number of carbonyl (C=O) groups excluding carboxylic acids is 1. The van der Waals surface area contributed by atoms with Crippen molar-refractivity contribution in [2.24, 2.45) is 0 Å². The minimum absolute atomic E-state index is 0.208. The number of hydrogen-bond acceptors (Lipinski definition) is 4. The molecule has 4 nitrogen and oxygen atoms in total. The minimum Gasteiger partial charge on any atom is -0.496 e. The maximum absolute atomic E-state index is 11.9. The third-order valence-electron chi connectivity index (χ3n) is 3.16. The summed E-state index contributed by atoms with van der Waals surface area (Å²) in [5.41, 5.74) is 1.75. The van der Waals surface area contributed by atoms with Gasteiger partial charge in [-0.25, -0.2) is 0 Å². The first-order valence-electron chi connectivity index (χ1n) is 7.22. The van der Waals surface area contributed by atoms with Crippen LogP contribution >= 0.6 is 0 Å². The third kappa shape index (κ3) is 4.52. The lowest BCUT2D eigenvalue weighted by Crippen LogP contribution is -2.08. The molecule has 116 valence electrons. The van der Waals surface area contributed by atoms with Crippen molar-refractivity contribution in [1.82, 2.24) is 0 Å². The summed E-state index contributed by atoms with van der Waals surface area (Å²) in [6.45, 7) is 2.77. The lowest BCUT2D eigenvalue weighted by Gasteiger charge is -2.09. The van der Waals surface area contributed by atoms with E-state index in [0.29, 0.717) is 6.61 Å². The maximum atomic E-state index is 11.9. The Morgan fingerprint density at radius 1 is 1.05 bits per heavy atom. The normalized spacial score (nSPS) is 10.1. The summed E-state index contributed by atoms with van der Waals surface area (Å²) in [5, 5.41) is 0. The molecule has 4 heteroatoms. The van der Waals surface area contributed by atoms with Crippen LogP contribution in [0.2, 0.25) is 0 Å². The Hall–Kier alpha value is -2.49. The lowest BCUT2D eigenvalue weighted by atomic mass is 10.1. The van der Waals surface area contributed by atoms with Gasteiger partial charge in [0.1, 0.15) is 18.1 Å². The Labute approximate surface area is 130 Å². The number of rotatable bonds is 7. The standard InChI is InChI=1S/C18H20O4/c1-3-21-16-10-8-14(9-11-16)12-18(19)22-13-15-6-4-5-7-17(15)20-2/h4-11H,3,12-13H2,1-2H3. The van der Waals surface area contributed by atoms with Crippen LogP contribution in [0.25, 0.3) is 0 Å². The van der Waals surface area contributed by atoms with Crippen LogP contribution in [0.5, 0.6) is 11.5 Å². The molecule has 0 N–H and O–H groups in total. The predicted octanol–water partition coefficient (Wildman–Crippen LogP) is 3.38. The molecule has 2 rings (SSSR count). The minimum atomic E-state index is -0.268. The van der Waals surface area contributed by atoms with E-state index in [4.69, 9.17) is 14.2 Å². The van der Waals surface area contributed by atoms with Gasteiger partial charge >= 0.3 is 5.97 Å². The fourth-order valence-electron chi connectivity index (χ4n) is 2.07. The molecule has 2 aromatic carbocycles. The Bertz CT molecular complexity index is 605. The summed E-state index contributed by atoms with van der Waals surface area (Å²) in [6.07, 6.45) is 0.238. The number of methoxy groups -OCH3 is 1. The van der Waals surface area contributed by atoms with Crippen LogP contribution in [0.15, 0.2) is 48.5 Å². The Morgan fingerprint density at radius 2 is 1.77 bits per heavy atom. The van der Waals surface area contributed by atoms with Crippen molar-refractivity contribution < 1.29 is 19.0 Å². The molecule has 0 aliphatic heterocycles. The molecule has 0 bridgehead atoms. The summed E-state index contributed by atoms with van der Waals surface area (Å²) >= 11 is 0. The molecule has 0 radical (unpaired) electrons. The Morgan fingerprint density at radius 3 is 2.45 bits per heavy atom. The second kappa shape index (κ2) is 8.08. The first kappa shape index (κ1) is 15.9. The van der Waals surface area contributed by atoms with Crippen LogP contribution in [0, 0.1) is 0 Å². The van der Waals surface area contributed by atoms with E-state index in [-0.39, 0.29) is 19.0 Å². The van der Waals surface area contributed by atoms with Gasteiger partial charge in [0, 0.05) is 5.56 Å². The van der Waals surface area contributed by atoms with Crippen LogP contribution < -0.4 is 9.47 Å². The van der Waals surface area contributed by atoms with Gasteiger partial charge < -0.3 is 14.2 Å². The summed E-state index contributed by atoms with van der Waals surface area (Å²) < 4.78 is 15.9. The molecular weight excluding hydrogens is 280 g/mol. The largest absolute Gasteiger partial charge is 0.496 e. The fourth-order valence-corrected chi connectivity index (χ4v) is 2.07. The number of carbonyl (C=O) groups is 1. The van der Waals surface area contributed by atoms with E-state index < -0.39 is 0 Å². The van der Waals surface area contributed by atoms with E-state index in [2.05, 4.69) is 0 Å². The van der Waals surface area contributed by atoms with Crippen LogP contribution in [0.1, 0.15) is 18.1 Å². The van der Waals surface area contributed by atoms with E-state index in [1.54, 1.807) is 7.11 Å². The van der Waals surface area contributed by atoms with Crippen LogP contribution in [-0.2, 0) is 22.6 Å². The highest BCUT2D eigenvalue weighted by Crippen LogP contribution is 2.18. The summed E-state index contributed by atoms with van der Waals surface area (Å²) in [4.78, 5) is 11.9. The van der Waals surface area contributed by atoms with Gasteiger partial charge in [0.2, 0.25) is 0 Å². The number of para-hydroxylation sites is 1. The van der Waals surface area contributed by atoms with Crippen LogP contribution in [0.3, 0.4) is 0 Å². The third-order valence-corrected chi connectivity index (χ3v) is 3.16. The first-order chi connectivity index (χ1) is 10.7. The smallest absolute Gasteiger partial charge is 0.310 e. The van der Waals surface area contributed by atoms with Crippen molar-refractivity contribution in [2.75, 3.05) is 13.7 Å². The van der Waals surface area contributed by atoms with Crippen LogP contribution in [0.4, 0.5) is 0 Å².